The highest BCUT2D eigenvalue weighted by molar-refractivity contribution is 6.02. The Morgan fingerprint density at radius 1 is 1.13 bits per heavy atom. The third-order valence-electron chi connectivity index (χ3n) is 8.47. The fourth-order valence-electron chi connectivity index (χ4n) is 6.12. The number of nitrogens with one attached hydrogen (secondary N) is 2. The lowest BCUT2D eigenvalue weighted by molar-refractivity contribution is -0.133. The van der Waals surface area contributed by atoms with Crippen LogP contribution in [0.3, 0.4) is 0 Å². The Kier molecular flexibility index (Phi) is 6.06. The molecule has 4 atom stereocenters. The first-order valence-electron chi connectivity index (χ1n) is 13.2. The van der Waals surface area contributed by atoms with Gasteiger partial charge in [0, 0.05) is 42.5 Å². The van der Waals surface area contributed by atoms with E-state index in [1.807, 2.05) is 36.5 Å². The number of aromatic nitrogens is 2. The predicted octanol–water partition coefficient (Wildman–Crippen LogP) is 1.88. The van der Waals surface area contributed by atoms with E-state index in [1.165, 1.54) is 6.20 Å². The topological polar surface area (TPSA) is 142 Å². The summed E-state index contributed by atoms with van der Waals surface area (Å²) in [4.78, 5) is 38.4. The molecule has 10 nitrogen and oxygen atoms in total. The predicted molar refractivity (Wildman–Crippen MR) is 141 cm³/mol. The molecule has 3 aromatic rings. The van der Waals surface area contributed by atoms with Gasteiger partial charge < -0.3 is 26.4 Å². The molecule has 1 aliphatic heterocycles. The van der Waals surface area contributed by atoms with Gasteiger partial charge in [0.15, 0.2) is 0 Å². The van der Waals surface area contributed by atoms with Crippen molar-refractivity contribution in [3.8, 4) is 11.1 Å². The highest BCUT2D eigenvalue weighted by Gasteiger charge is 2.47. The molecule has 3 aliphatic rings. The Hall–Kier alpha value is -3.92. The van der Waals surface area contributed by atoms with Crippen LogP contribution in [-0.4, -0.2) is 69.1 Å². The minimum Gasteiger partial charge on any atom is -0.387 e. The highest BCUT2D eigenvalue weighted by Crippen LogP contribution is 2.44. The van der Waals surface area contributed by atoms with Crippen molar-refractivity contribution < 1.29 is 19.5 Å². The lowest BCUT2D eigenvalue weighted by Gasteiger charge is -2.25. The summed E-state index contributed by atoms with van der Waals surface area (Å²) >= 11 is 0. The molecule has 0 bridgehead atoms. The molecule has 0 unspecified atom stereocenters. The number of anilines is 1. The van der Waals surface area contributed by atoms with Gasteiger partial charge in [0.1, 0.15) is 6.61 Å². The number of benzene rings is 1. The minimum absolute atomic E-state index is 0.0559. The molecule has 3 fully saturated rings. The lowest BCUT2D eigenvalue weighted by Crippen LogP contribution is -2.35. The monoisotopic (exact) mass is 516 g/mol. The van der Waals surface area contributed by atoms with Crippen molar-refractivity contribution in [3.63, 3.8) is 0 Å². The number of nitrogens with zero attached hydrogens (tertiary/aromatic N) is 3. The molecule has 3 amide bonds. The summed E-state index contributed by atoms with van der Waals surface area (Å²) in [6, 6.07) is 9.85. The van der Waals surface area contributed by atoms with Crippen LogP contribution in [0.25, 0.3) is 16.6 Å². The van der Waals surface area contributed by atoms with Crippen LogP contribution in [0.2, 0.25) is 0 Å². The van der Waals surface area contributed by atoms with Crippen LogP contribution in [0, 0.1) is 17.8 Å². The average Bonchev–Trinajstić information content (AvgIpc) is 3.33. The Labute approximate surface area is 220 Å². The normalized spacial score (nSPS) is 24.4. The van der Waals surface area contributed by atoms with Crippen molar-refractivity contribution in [1.82, 2.24) is 19.8 Å². The summed E-state index contributed by atoms with van der Waals surface area (Å²) in [5.74, 6) is 0.0951. The maximum absolute atomic E-state index is 12.4. The third kappa shape index (κ3) is 4.38. The van der Waals surface area contributed by atoms with E-state index in [-0.39, 0.29) is 23.8 Å². The first-order valence-corrected chi connectivity index (χ1v) is 13.2. The van der Waals surface area contributed by atoms with Crippen LogP contribution in [0.1, 0.15) is 46.9 Å². The van der Waals surface area contributed by atoms with Crippen LogP contribution in [-0.2, 0) is 4.79 Å². The zero-order chi connectivity index (χ0) is 26.6. The fraction of sp³-hybridized carbons (Fsp3) is 0.429. The first-order chi connectivity index (χ1) is 18.3. The van der Waals surface area contributed by atoms with Crippen LogP contribution in [0.4, 0.5) is 5.69 Å². The third-order valence-corrected chi connectivity index (χ3v) is 8.47. The van der Waals surface area contributed by atoms with E-state index in [4.69, 9.17) is 5.73 Å². The number of carbonyl (C=O) groups is 3. The van der Waals surface area contributed by atoms with Crippen molar-refractivity contribution in [2.75, 3.05) is 25.0 Å². The standard InChI is InChI=1S/C28H32N6O4/c1-15-22-13-33(25(36)14-35)11-19(22)8-23(15)32-26-21(27(29)37)10-30-34-12-18(9-24(26)34)16-2-4-17(5-3-16)28(38)31-20-6-7-20/h2-5,9-10,12,15,19-20,22-23,32,35H,6-8,11,13-14H2,1H3,(H2,29,37)(H,31,38)/t15-,19+,22-,23+/m0/s1. The molecular weight excluding hydrogens is 484 g/mol. The molecule has 2 aliphatic carbocycles. The van der Waals surface area contributed by atoms with Gasteiger partial charge in [-0.2, -0.15) is 5.10 Å². The van der Waals surface area contributed by atoms with Gasteiger partial charge in [-0.3, -0.25) is 14.4 Å². The second kappa shape index (κ2) is 9.43. The Morgan fingerprint density at radius 2 is 1.89 bits per heavy atom. The molecule has 5 N–H and O–H groups in total. The zero-order valence-corrected chi connectivity index (χ0v) is 21.3. The highest BCUT2D eigenvalue weighted by atomic mass is 16.3. The van der Waals surface area contributed by atoms with E-state index in [9.17, 15) is 19.5 Å². The molecule has 198 valence electrons. The van der Waals surface area contributed by atoms with Crippen molar-refractivity contribution in [2.24, 2.45) is 23.5 Å². The number of hydrogen-bond donors (Lipinski definition) is 4. The number of likely N-dealkylation sites (tertiary alicyclic amines) is 1. The molecule has 0 spiro atoms. The minimum atomic E-state index is -0.554. The second-order valence-electron chi connectivity index (χ2n) is 10.9. The number of aliphatic hydroxyl groups is 1. The summed E-state index contributed by atoms with van der Waals surface area (Å²) in [5.41, 5.74) is 9.93. The molecule has 1 saturated heterocycles. The maximum atomic E-state index is 12.4. The summed E-state index contributed by atoms with van der Waals surface area (Å²) in [6.07, 6.45) is 6.33. The number of amides is 3. The molecular formula is C28H32N6O4. The van der Waals surface area contributed by atoms with Gasteiger partial charge in [0.05, 0.1) is 23.0 Å². The number of hydrogen-bond acceptors (Lipinski definition) is 6. The summed E-state index contributed by atoms with van der Waals surface area (Å²) in [5, 5.41) is 20.3. The molecule has 10 heteroatoms. The van der Waals surface area contributed by atoms with E-state index in [0.717, 1.165) is 35.9 Å². The molecule has 38 heavy (non-hydrogen) atoms. The lowest BCUT2D eigenvalue weighted by atomic mass is 9.93. The van der Waals surface area contributed by atoms with E-state index >= 15 is 0 Å². The smallest absolute Gasteiger partial charge is 0.252 e. The van der Waals surface area contributed by atoms with Crippen molar-refractivity contribution >= 4 is 28.9 Å². The average molecular weight is 517 g/mol. The van der Waals surface area contributed by atoms with E-state index in [1.54, 1.807) is 9.42 Å². The van der Waals surface area contributed by atoms with Gasteiger partial charge in [0.2, 0.25) is 5.91 Å². The summed E-state index contributed by atoms with van der Waals surface area (Å²) < 4.78 is 1.74. The first kappa shape index (κ1) is 24.4. The van der Waals surface area contributed by atoms with Crippen LogP contribution in [0.15, 0.2) is 42.7 Å². The zero-order valence-electron chi connectivity index (χ0n) is 21.3. The van der Waals surface area contributed by atoms with E-state index in [2.05, 4.69) is 22.7 Å². The van der Waals surface area contributed by atoms with Gasteiger partial charge in [-0.25, -0.2) is 4.52 Å². The number of rotatable bonds is 7. The molecule has 0 radical (unpaired) electrons. The number of fused-ring (bicyclic) bond motifs is 2. The van der Waals surface area contributed by atoms with Crippen LogP contribution < -0.4 is 16.4 Å². The van der Waals surface area contributed by atoms with Crippen molar-refractivity contribution in [3.05, 3.63) is 53.9 Å². The quantitative estimate of drug-likeness (QED) is 0.378. The SMILES string of the molecule is C[C@H]1[C@@H]2CN(C(=O)CO)C[C@H]2C[C@H]1Nc1c(C(N)=O)cnn2cc(-c3ccc(C(=O)NC4CC4)cc3)cc12. The molecule has 2 aromatic heterocycles. The van der Waals surface area contributed by atoms with Crippen LogP contribution >= 0.6 is 0 Å². The Morgan fingerprint density at radius 3 is 2.55 bits per heavy atom. The number of nitrogens with two attached hydrogens (primary N) is 1. The van der Waals surface area contributed by atoms with Gasteiger partial charge in [-0.15, -0.1) is 0 Å². The Bertz CT molecular complexity index is 1410. The van der Waals surface area contributed by atoms with E-state index < -0.39 is 12.5 Å². The molecule has 1 aromatic carbocycles. The summed E-state index contributed by atoms with van der Waals surface area (Å²) in [6.45, 7) is 2.99. The Balaban J connectivity index is 1.26. The van der Waals surface area contributed by atoms with Gasteiger partial charge in [-0.05, 0) is 60.8 Å². The van der Waals surface area contributed by atoms with Gasteiger partial charge in [-0.1, -0.05) is 19.1 Å². The van der Waals surface area contributed by atoms with Gasteiger partial charge >= 0.3 is 0 Å². The largest absolute Gasteiger partial charge is 0.387 e. The van der Waals surface area contributed by atoms with Crippen LogP contribution in [0.5, 0.6) is 0 Å². The number of carbonyl (C=O) groups excluding carboxylic acids is 3. The maximum Gasteiger partial charge on any atom is 0.252 e. The molecule has 2 saturated carbocycles. The number of primary amides is 1. The summed E-state index contributed by atoms with van der Waals surface area (Å²) in [7, 11) is 0. The molecule has 3 heterocycles. The second-order valence-corrected chi connectivity index (χ2v) is 10.9. The fourth-order valence-corrected chi connectivity index (χ4v) is 6.12. The van der Waals surface area contributed by atoms with Crippen molar-refractivity contribution in [2.45, 2.75) is 38.3 Å². The van der Waals surface area contributed by atoms with Crippen molar-refractivity contribution in [1.29, 1.82) is 0 Å². The number of aliphatic hydroxyl groups excluding tert-OH is 1. The van der Waals surface area contributed by atoms with E-state index in [0.29, 0.717) is 47.8 Å². The van der Waals surface area contributed by atoms with Gasteiger partial charge in [0.25, 0.3) is 11.8 Å². The molecule has 6 rings (SSSR count).